The first kappa shape index (κ1) is 20.1. The van der Waals surface area contributed by atoms with Gasteiger partial charge in [-0.1, -0.05) is 121 Å². The van der Waals surface area contributed by atoms with E-state index in [1.54, 1.807) is 0 Å². The average molecular weight is 431 g/mol. The molecule has 154 valence electrons. The molecular formula is C28H22N3P. The molecule has 0 saturated carbocycles. The van der Waals surface area contributed by atoms with Gasteiger partial charge < -0.3 is 0 Å². The van der Waals surface area contributed by atoms with Gasteiger partial charge in [0.25, 0.3) is 0 Å². The lowest BCUT2D eigenvalue weighted by atomic mass is 10.1. The molecule has 32 heavy (non-hydrogen) atoms. The monoisotopic (exact) mass is 431 g/mol. The molecule has 0 aliphatic heterocycles. The SMILES string of the molecule is c1ccc(-c2ccc(N=P(c3ccccc3)(c3ccccc3)c3ccccc3)nn2)cc1. The Kier molecular flexibility index (Phi) is 5.74. The maximum Gasteiger partial charge on any atom is 0.174 e. The highest BCUT2D eigenvalue weighted by Crippen LogP contribution is 2.48. The lowest BCUT2D eigenvalue weighted by Crippen LogP contribution is -2.25. The standard InChI is InChI=1S/C28H22N3P/c1-5-13-23(14-6-1)27-21-22-28(30-29-27)31-32(24-15-7-2-8-16-24,25-17-9-3-10-18-25)26-19-11-4-12-20-26/h1-22H. The molecule has 0 saturated heterocycles. The van der Waals surface area contributed by atoms with Gasteiger partial charge in [-0.15, -0.1) is 10.2 Å². The Morgan fingerprint density at radius 3 is 1.28 bits per heavy atom. The van der Waals surface area contributed by atoms with E-state index in [9.17, 15) is 0 Å². The minimum Gasteiger partial charge on any atom is -0.233 e. The van der Waals surface area contributed by atoms with Crippen LogP contribution in [-0.4, -0.2) is 10.2 Å². The van der Waals surface area contributed by atoms with Gasteiger partial charge in [0.2, 0.25) is 0 Å². The summed E-state index contributed by atoms with van der Waals surface area (Å²) in [7, 11) is -2.34. The second-order valence-corrected chi connectivity index (χ2v) is 10.4. The highest BCUT2D eigenvalue weighted by atomic mass is 31.2. The Balaban J connectivity index is 1.76. The third-order valence-corrected chi connectivity index (χ3v) is 9.00. The lowest BCUT2D eigenvalue weighted by Gasteiger charge is -2.26. The summed E-state index contributed by atoms with van der Waals surface area (Å²) in [6.45, 7) is 0. The van der Waals surface area contributed by atoms with Gasteiger partial charge in [0.05, 0.1) is 12.7 Å². The molecule has 0 aliphatic rings. The summed E-state index contributed by atoms with van der Waals surface area (Å²) in [6.07, 6.45) is 0. The molecule has 0 fully saturated rings. The number of nitrogens with zero attached hydrogens (tertiary/aromatic N) is 3. The van der Waals surface area contributed by atoms with Crippen LogP contribution in [0.1, 0.15) is 0 Å². The van der Waals surface area contributed by atoms with Crippen molar-refractivity contribution in [2.45, 2.75) is 0 Å². The Hall–Kier alpha value is -3.81. The molecule has 0 unspecified atom stereocenters. The van der Waals surface area contributed by atoms with Crippen molar-refractivity contribution < 1.29 is 0 Å². The van der Waals surface area contributed by atoms with Crippen LogP contribution in [0.3, 0.4) is 0 Å². The molecule has 1 heterocycles. The Labute approximate surface area is 188 Å². The van der Waals surface area contributed by atoms with Crippen molar-refractivity contribution in [3.05, 3.63) is 133 Å². The van der Waals surface area contributed by atoms with Crippen molar-refractivity contribution >= 4 is 28.8 Å². The highest BCUT2D eigenvalue weighted by molar-refractivity contribution is 7.87. The Morgan fingerprint density at radius 2 is 0.875 bits per heavy atom. The zero-order valence-corrected chi connectivity index (χ0v) is 18.4. The fourth-order valence-electron chi connectivity index (χ4n) is 3.85. The zero-order chi connectivity index (χ0) is 21.6. The van der Waals surface area contributed by atoms with E-state index in [0.717, 1.165) is 11.3 Å². The maximum absolute atomic E-state index is 5.37. The third kappa shape index (κ3) is 3.91. The fraction of sp³-hybridized carbons (Fsp3) is 0. The quantitative estimate of drug-likeness (QED) is 0.323. The number of rotatable bonds is 5. The normalized spacial score (nSPS) is 11.1. The van der Waals surface area contributed by atoms with E-state index in [-0.39, 0.29) is 0 Å². The molecule has 0 radical (unpaired) electrons. The summed E-state index contributed by atoms with van der Waals surface area (Å²) in [5.41, 5.74) is 1.88. The van der Waals surface area contributed by atoms with E-state index in [4.69, 9.17) is 4.74 Å². The van der Waals surface area contributed by atoms with Crippen molar-refractivity contribution in [3.63, 3.8) is 0 Å². The molecule has 0 bridgehead atoms. The molecule has 3 nitrogen and oxygen atoms in total. The van der Waals surface area contributed by atoms with E-state index in [1.165, 1.54) is 15.9 Å². The summed E-state index contributed by atoms with van der Waals surface area (Å²) in [6, 6.07) is 45.7. The summed E-state index contributed by atoms with van der Waals surface area (Å²) in [4.78, 5) is 0. The maximum atomic E-state index is 5.37. The van der Waals surface area contributed by atoms with Gasteiger partial charge in [0.15, 0.2) is 5.82 Å². The lowest BCUT2D eigenvalue weighted by molar-refractivity contribution is 1.03. The number of aromatic nitrogens is 2. The number of benzene rings is 4. The van der Waals surface area contributed by atoms with Gasteiger partial charge in [0, 0.05) is 21.5 Å². The second-order valence-electron chi connectivity index (χ2n) is 7.38. The predicted molar refractivity (Wildman–Crippen MR) is 135 cm³/mol. The fourth-order valence-corrected chi connectivity index (χ4v) is 7.31. The van der Waals surface area contributed by atoms with Crippen molar-refractivity contribution in [2.75, 3.05) is 0 Å². The van der Waals surface area contributed by atoms with Crippen molar-refractivity contribution in [1.82, 2.24) is 10.2 Å². The molecule has 0 aliphatic carbocycles. The van der Waals surface area contributed by atoms with Crippen LogP contribution in [0.25, 0.3) is 11.3 Å². The molecule has 0 N–H and O–H groups in total. The molecule has 0 amide bonds. The average Bonchev–Trinajstić information content (AvgIpc) is 2.90. The smallest absolute Gasteiger partial charge is 0.174 e. The van der Waals surface area contributed by atoms with Gasteiger partial charge in [-0.3, -0.25) is 0 Å². The first-order chi connectivity index (χ1) is 15.9. The molecule has 5 aromatic rings. The van der Waals surface area contributed by atoms with E-state index >= 15 is 0 Å². The number of hydrogen-bond donors (Lipinski definition) is 0. The highest BCUT2D eigenvalue weighted by Gasteiger charge is 2.27. The summed E-state index contributed by atoms with van der Waals surface area (Å²) < 4.78 is 5.37. The zero-order valence-electron chi connectivity index (χ0n) is 17.5. The minimum atomic E-state index is -2.34. The molecule has 0 spiro atoms. The van der Waals surface area contributed by atoms with E-state index in [1.807, 2.05) is 60.7 Å². The molecule has 5 rings (SSSR count). The molecule has 1 aromatic heterocycles. The van der Waals surface area contributed by atoms with E-state index in [0.29, 0.717) is 5.82 Å². The van der Waals surface area contributed by atoms with Crippen molar-refractivity contribution in [1.29, 1.82) is 0 Å². The number of hydrogen-bond acceptors (Lipinski definition) is 3. The third-order valence-electron chi connectivity index (χ3n) is 5.36. The van der Waals surface area contributed by atoms with Crippen LogP contribution in [0.15, 0.2) is 138 Å². The van der Waals surface area contributed by atoms with Crippen LogP contribution in [0.2, 0.25) is 0 Å². The Morgan fingerprint density at radius 1 is 0.438 bits per heavy atom. The Bertz CT molecular complexity index is 1230. The molecule has 4 heteroatoms. The predicted octanol–water partition coefficient (Wildman–Crippen LogP) is 5.95. The molecule has 4 aromatic carbocycles. The topological polar surface area (TPSA) is 38.1 Å². The second kappa shape index (κ2) is 9.13. The first-order valence-electron chi connectivity index (χ1n) is 10.5. The van der Waals surface area contributed by atoms with Crippen LogP contribution >= 0.6 is 7.05 Å². The van der Waals surface area contributed by atoms with Gasteiger partial charge in [-0.25, -0.2) is 4.74 Å². The van der Waals surface area contributed by atoms with E-state index in [2.05, 4.69) is 83.0 Å². The van der Waals surface area contributed by atoms with Crippen LogP contribution in [0.5, 0.6) is 0 Å². The van der Waals surface area contributed by atoms with Crippen LogP contribution < -0.4 is 15.9 Å². The van der Waals surface area contributed by atoms with Crippen LogP contribution in [0.4, 0.5) is 5.82 Å². The largest absolute Gasteiger partial charge is 0.233 e. The van der Waals surface area contributed by atoms with E-state index < -0.39 is 7.05 Å². The summed E-state index contributed by atoms with van der Waals surface area (Å²) in [5.74, 6) is 0.634. The van der Waals surface area contributed by atoms with Gasteiger partial charge >= 0.3 is 0 Å². The molecular weight excluding hydrogens is 409 g/mol. The van der Waals surface area contributed by atoms with Crippen molar-refractivity contribution in [3.8, 4) is 11.3 Å². The van der Waals surface area contributed by atoms with Gasteiger partial charge in [-0.05, 0) is 12.1 Å². The molecule has 0 atom stereocenters. The van der Waals surface area contributed by atoms with Crippen LogP contribution in [-0.2, 0) is 0 Å². The summed E-state index contributed by atoms with van der Waals surface area (Å²) in [5, 5.41) is 12.6. The summed E-state index contributed by atoms with van der Waals surface area (Å²) >= 11 is 0. The van der Waals surface area contributed by atoms with Crippen LogP contribution in [0, 0.1) is 0 Å². The van der Waals surface area contributed by atoms with Gasteiger partial charge in [0.1, 0.15) is 0 Å². The first-order valence-corrected chi connectivity index (χ1v) is 12.3. The minimum absolute atomic E-state index is 0.634. The van der Waals surface area contributed by atoms with Crippen molar-refractivity contribution in [2.24, 2.45) is 4.74 Å². The van der Waals surface area contributed by atoms with Gasteiger partial charge in [-0.2, -0.15) is 0 Å².